The van der Waals surface area contributed by atoms with Crippen LogP contribution in [0.2, 0.25) is 0 Å². The average molecular weight is 258 g/mol. The van der Waals surface area contributed by atoms with Crippen molar-refractivity contribution in [1.29, 1.82) is 0 Å². The number of carbonyl (C=O) groups is 2. The number of carbonyl (C=O) groups excluding carboxylic acids is 1. The van der Waals surface area contributed by atoms with Crippen LogP contribution in [0.15, 0.2) is 0 Å². The molecule has 1 saturated heterocycles. The molecule has 0 spiro atoms. The zero-order valence-electron chi connectivity index (χ0n) is 11.2. The summed E-state index contributed by atoms with van der Waals surface area (Å²) in [5.74, 6) is -1.25. The van der Waals surface area contributed by atoms with Crippen molar-refractivity contribution in [2.24, 2.45) is 5.92 Å². The van der Waals surface area contributed by atoms with Gasteiger partial charge in [0, 0.05) is 25.2 Å². The highest BCUT2D eigenvalue weighted by Gasteiger charge is 2.33. The third-order valence-corrected chi connectivity index (χ3v) is 3.16. The van der Waals surface area contributed by atoms with Crippen molar-refractivity contribution in [3.8, 4) is 0 Å². The molecule has 1 aliphatic heterocycles. The summed E-state index contributed by atoms with van der Waals surface area (Å²) in [6.07, 6.45) is -0.0191. The number of nitrogens with zero attached hydrogens (tertiary/aromatic N) is 1. The smallest absolute Gasteiger partial charge is 0.407 e. The number of amides is 1. The maximum absolute atomic E-state index is 11.4. The number of nitrogens with one attached hydrogen (secondary N) is 1. The first-order valence-corrected chi connectivity index (χ1v) is 6.34. The molecule has 2 unspecified atom stereocenters. The predicted octanol–water partition coefficient (Wildman–Crippen LogP) is 0.916. The number of likely N-dealkylation sites (tertiary alicyclic amines) is 1. The fourth-order valence-electron chi connectivity index (χ4n) is 2.18. The Hall–Kier alpha value is -1.30. The lowest BCUT2D eigenvalue weighted by atomic mass is 9.93. The summed E-state index contributed by atoms with van der Waals surface area (Å²) < 4.78 is 4.82. The van der Waals surface area contributed by atoms with E-state index in [1.54, 1.807) is 6.92 Å². The van der Waals surface area contributed by atoms with Gasteiger partial charge < -0.3 is 15.2 Å². The van der Waals surface area contributed by atoms with Crippen LogP contribution in [0.25, 0.3) is 0 Å². The highest BCUT2D eigenvalue weighted by atomic mass is 16.5. The zero-order valence-corrected chi connectivity index (χ0v) is 11.2. The lowest BCUT2D eigenvalue weighted by Gasteiger charge is -2.38. The third-order valence-electron chi connectivity index (χ3n) is 3.16. The van der Waals surface area contributed by atoms with Gasteiger partial charge >= 0.3 is 12.1 Å². The Morgan fingerprint density at radius 3 is 2.61 bits per heavy atom. The van der Waals surface area contributed by atoms with Gasteiger partial charge in [0.25, 0.3) is 0 Å². The summed E-state index contributed by atoms with van der Waals surface area (Å²) in [6.45, 7) is 7.29. The van der Waals surface area contributed by atoms with Crippen LogP contribution in [-0.4, -0.2) is 53.8 Å². The molecule has 1 rings (SSSR count). The van der Waals surface area contributed by atoms with Crippen LogP contribution in [0.5, 0.6) is 0 Å². The zero-order chi connectivity index (χ0) is 13.7. The molecule has 0 radical (unpaired) electrons. The van der Waals surface area contributed by atoms with Gasteiger partial charge in [0.15, 0.2) is 0 Å². The van der Waals surface area contributed by atoms with Crippen LogP contribution in [0.4, 0.5) is 4.79 Å². The molecule has 0 aliphatic carbocycles. The molecule has 0 bridgehead atoms. The number of ether oxygens (including phenoxy) is 1. The van der Waals surface area contributed by atoms with E-state index in [0.29, 0.717) is 26.1 Å². The molecule has 18 heavy (non-hydrogen) atoms. The molecule has 104 valence electrons. The van der Waals surface area contributed by atoms with Gasteiger partial charge in [-0.15, -0.1) is 0 Å². The standard InChI is InChI=1S/C12H22N2O4/c1-4-18-12(17)13-10-5-9(11(15)16)6-14(7-10)8(2)3/h8-10H,4-7H2,1-3H3,(H,13,17)(H,15,16). The van der Waals surface area contributed by atoms with E-state index in [9.17, 15) is 9.59 Å². The van der Waals surface area contributed by atoms with E-state index in [-0.39, 0.29) is 12.1 Å². The predicted molar refractivity (Wildman–Crippen MR) is 66.4 cm³/mol. The van der Waals surface area contributed by atoms with Crippen LogP contribution >= 0.6 is 0 Å². The topological polar surface area (TPSA) is 78.9 Å². The van der Waals surface area contributed by atoms with Crippen molar-refractivity contribution >= 4 is 12.1 Å². The second-order valence-electron chi connectivity index (χ2n) is 4.88. The molecule has 2 N–H and O–H groups in total. The first-order valence-electron chi connectivity index (χ1n) is 6.34. The third kappa shape index (κ3) is 4.18. The Morgan fingerprint density at radius 1 is 1.44 bits per heavy atom. The fraction of sp³-hybridized carbons (Fsp3) is 0.833. The van der Waals surface area contributed by atoms with E-state index in [1.165, 1.54) is 0 Å². The van der Waals surface area contributed by atoms with Gasteiger partial charge in [-0.1, -0.05) is 0 Å². The molecule has 6 nitrogen and oxygen atoms in total. The van der Waals surface area contributed by atoms with Crippen molar-refractivity contribution in [3.05, 3.63) is 0 Å². The Labute approximate surface area is 107 Å². The molecule has 1 fully saturated rings. The summed E-state index contributed by atoms with van der Waals surface area (Å²) in [7, 11) is 0. The van der Waals surface area contributed by atoms with Gasteiger partial charge in [0.2, 0.25) is 0 Å². The van der Waals surface area contributed by atoms with E-state index < -0.39 is 18.0 Å². The second kappa shape index (κ2) is 6.58. The van der Waals surface area contributed by atoms with Gasteiger partial charge in [-0.3, -0.25) is 9.69 Å². The minimum atomic E-state index is -0.809. The normalized spacial score (nSPS) is 24.9. The van der Waals surface area contributed by atoms with Crippen molar-refractivity contribution < 1.29 is 19.4 Å². The number of aliphatic carboxylic acids is 1. The van der Waals surface area contributed by atoms with Crippen LogP contribution in [-0.2, 0) is 9.53 Å². The van der Waals surface area contributed by atoms with Crippen molar-refractivity contribution in [3.63, 3.8) is 0 Å². The van der Waals surface area contributed by atoms with Gasteiger partial charge in [-0.05, 0) is 27.2 Å². The summed E-state index contributed by atoms with van der Waals surface area (Å²) in [5.41, 5.74) is 0. The highest BCUT2D eigenvalue weighted by molar-refractivity contribution is 5.71. The second-order valence-corrected chi connectivity index (χ2v) is 4.88. The van der Waals surface area contributed by atoms with Gasteiger partial charge in [-0.25, -0.2) is 4.79 Å². The molecule has 1 amide bonds. The lowest BCUT2D eigenvalue weighted by molar-refractivity contribution is -0.144. The summed E-state index contributed by atoms with van der Waals surface area (Å²) >= 11 is 0. The SMILES string of the molecule is CCOC(=O)NC1CC(C(=O)O)CN(C(C)C)C1. The highest BCUT2D eigenvalue weighted by Crippen LogP contribution is 2.19. The first kappa shape index (κ1) is 14.8. The summed E-state index contributed by atoms with van der Waals surface area (Å²) in [4.78, 5) is 24.5. The van der Waals surface area contributed by atoms with Crippen LogP contribution in [0.1, 0.15) is 27.2 Å². The fourth-order valence-corrected chi connectivity index (χ4v) is 2.18. The Bertz CT molecular complexity index is 306. The van der Waals surface area contributed by atoms with Crippen molar-refractivity contribution in [1.82, 2.24) is 10.2 Å². The molecule has 6 heteroatoms. The maximum atomic E-state index is 11.4. The number of carboxylic acid groups (broad SMARTS) is 1. The number of alkyl carbamates (subject to hydrolysis) is 1. The van der Waals surface area contributed by atoms with Crippen LogP contribution < -0.4 is 5.32 Å². The molecule has 0 aromatic heterocycles. The monoisotopic (exact) mass is 258 g/mol. The van der Waals surface area contributed by atoms with E-state index in [2.05, 4.69) is 10.2 Å². The lowest BCUT2D eigenvalue weighted by Crippen LogP contribution is -2.54. The summed E-state index contributed by atoms with van der Waals surface area (Å²) in [6, 6.07) is 0.0972. The minimum absolute atomic E-state index is 0.165. The van der Waals surface area contributed by atoms with Crippen LogP contribution in [0, 0.1) is 5.92 Å². The van der Waals surface area contributed by atoms with E-state index in [0.717, 1.165) is 0 Å². The number of piperidine rings is 1. The molecule has 1 heterocycles. The van der Waals surface area contributed by atoms with E-state index >= 15 is 0 Å². The number of hydrogen-bond donors (Lipinski definition) is 2. The maximum Gasteiger partial charge on any atom is 0.407 e. The van der Waals surface area contributed by atoms with E-state index in [1.807, 2.05) is 13.8 Å². The quantitative estimate of drug-likeness (QED) is 0.783. The molecule has 1 aliphatic rings. The molecule has 0 aromatic rings. The van der Waals surface area contributed by atoms with Crippen LogP contribution in [0.3, 0.4) is 0 Å². The molecule has 0 saturated carbocycles. The molecular formula is C12H22N2O4. The first-order chi connectivity index (χ1) is 8.43. The Morgan fingerprint density at radius 2 is 2.11 bits per heavy atom. The van der Waals surface area contributed by atoms with Gasteiger partial charge in [-0.2, -0.15) is 0 Å². The Balaban J connectivity index is 2.61. The van der Waals surface area contributed by atoms with Crippen molar-refractivity contribution in [2.75, 3.05) is 19.7 Å². The summed E-state index contributed by atoms with van der Waals surface area (Å²) in [5, 5.41) is 11.8. The van der Waals surface area contributed by atoms with Crippen molar-refractivity contribution in [2.45, 2.75) is 39.3 Å². The largest absolute Gasteiger partial charge is 0.481 e. The number of rotatable bonds is 4. The average Bonchev–Trinajstić information content (AvgIpc) is 2.28. The Kier molecular flexibility index (Phi) is 5.40. The number of carboxylic acids is 1. The molecule has 2 atom stereocenters. The minimum Gasteiger partial charge on any atom is -0.481 e. The van der Waals surface area contributed by atoms with Gasteiger partial charge in [0.05, 0.1) is 12.5 Å². The molecular weight excluding hydrogens is 236 g/mol. The molecule has 0 aromatic carbocycles. The van der Waals surface area contributed by atoms with Gasteiger partial charge in [0.1, 0.15) is 0 Å². The van der Waals surface area contributed by atoms with E-state index in [4.69, 9.17) is 9.84 Å². The number of hydrogen-bond acceptors (Lipinski definition) is 4.